The van der Waals surface area contributed by atoms with Gasteiger partial charge >= 0.3 is 0 Å². The molecule has 2 N–H and O–H groups in total. The van der Waals surface area contributed by atoms with Crippen molar-refractivity contribution in [3.63, 3.8) is 0 Å². The summed E-state index contributed by atoms with van der Waals surface area (Å²) in [6, 6.07) is 11.8. The molecule has 0 aliphatic rings. The van der Waals surface area contributed by atoms with E-state index in [1.807, 2.05) is 19.9 Å². The number of carbonyl (C=O) groups excluding carboxylic acids is 1. The average molecular weight is 315 g/mol. The number of methoxy groups -OCH3 is 2. The Bertz CT molecular complexity index is 693. The first-order valence-corrected chi connectivity index (χ1v) is 7.21. The first-order valence-electron chi connectivity index (χ1n) is 7.21. The first kappa shape index (κ1) is 16.7. The van der Waals surface area contributed by atoms with Crippen LogP contribution in [0.5, 0.6) is 17.2 Å². The van der Waals surface area contributed by atoms with Crippen molar-refractivity contribution in [2.45, 2.75) is 19.3 Å². The molecule has 0 aromatic heterocycles. The van der Waals surface area contributed by atoms with Gasteiger partial charge in [0.1, 0.15) is 5.75 Å². The molecule has 0 radical (unpaired) electrons. The summed E-state index contributed by atoms with van der Waals surface area (Å²) in [5.41, 5.74) is 0.671. The molecule has 0 heterocycles. The number of phenolic OH excluding ortho intramolecular Hbond substituents is 1. The molecule has 0 saturated heterocycles. The highest BCUT2D eigenvalue weighted by molar-refractivity contribution is 5.98. The number of aromatic hydroxyl groups is 1. The topological polar surface area (TPSA) is 67.8 Å². The lowest BCUT2D eigenvalue weighted by atomic mass is 9.83. The van der Waals surface area contributed by atoms with Crippen molar-refractivity contribution in [2.75, 3.05) is 19.5 Å². The quantitative estimate of drug-likeness (QED) is 0.831. The molecule has 2 aromatic rings. The van der Waals surface area contributed by atoms with Gasteiger partial charge in [0.05, 0.1) is 19.6 Å². The van der Waals surface area contributed by atoms with Gasteiger partial charge in [0.25, 0.3) is 0 Å². The summed E-state index contributed by atoms with van der Waals surface area (Å²) in [5.74, 6) is 1.19. The third-order valence-corrected chi connectivity index (χ3v) is 3.80. The van der Waals surface area contributed by atoms with Crippen molar-refractivity contribution in [1.29, 1.82) is 0 Å². The van der Waals surface area contributed by atoms with E-state index in [1.165, 1.54) is 12.1 Å². The number of hydrogen-bond donors (Lipinski definition) is 2. The van der Waals surface area contributed by atoms with Crippen LogP contribution in [0.3, 0.4) is 0 Å². The fraction of sp³-hybridized carbons (Fsp3) is 0.278. The van der Waals surface area contributed by atoms with Crippen LogP contribution in [0.2, 0.25) is 0 Å². The lowest BCUT2D eigenvalue weighted by Crippen LogP contribution is -2.34. The molecule has 122 valence electrons. The van der Waals surface area contributed by atoms with Crippen molar-refractivity contribution in [1.82, 2.24) is 0 Å². The SMILES string of the molecule is COc1ccc(C(C)(C)C(=O)Nc2ccc(O)cc2)cc1OC. The van der Waals surface area contributed by atoms with Crippen LogP contribution < -0.4 is 14.8 Å². The zero-order valence-electron chi connectivity index (χ0n) is 13.7. The Morgan fingerprint density at radius 3 is 2.17 bits per heavy atom. The third-order valence-electron chi connectivity index (χ3n) is 3.80. The Labute approximate surface area is 135 Å². The van der Waals surface area contributed by atoms with Crippen LogP contribution in [0.4, 0.5) is 5.69 Å². The minimum absolute atomic E-state index is 0.155. The second-order valence-electron chi connectivity index (χ2n) is 5.70. The molecule has 23 heavy (non-hydrogen) atoms. The molecule has 0 bridgehead atoms. The highest BCUT2D eigenvalue weighted by Crippen LogP contribution is 2.34. The van der Waals surface area contributed by atoms with E-state index in [-0.39, 0.29) is 11.7 Å². The van der Waals surface area contributed by atoms with Crippen LogP contribution in [-0.2, 0) is 10.2 Å². The van der Waals surface area contributed by atoms with Gasteiger partial charge in [0, 0.05) is 5.69 Å². The summed E-state index contributed by atoms with van der Waals surface area (Å²) in [7, 11) is 3.13. The van der Waals surface area contributed by atoms with Gasteiger partial charge in [-0.3, -0.25) is 4.79 Å². The largest absolute Gasteiger partial charge is 0.508 e. The van der Waals surface area contributed by atoms with Gasteiger partial charge in [-0.2, -0.15) is 0 Å². The number of rotatable bonds is 5. The average Bonchev–Trinajstić information content (AvgIpc) is 2.56. The maximum atomic E-state index is 12.6. The van der Waals surface area contributed by atoms with Crippen molar-refractivity contribution in [2.24, 2.45) is 0 Å². The number of benzene rings is 2. The molecule has 2 rings (SSSR count). The maximum Gasteiger partial charge on any atom is 0.234 e. The van der Waals surface area contributed by atoms with E-state index in [1.54, 1.807) is 38.5 Å². The van der Waals surface area contributed by atoms with Gasteiger partial charge in [-0.25, -0.2) is 0 Å². The Balaban J connectivity index is 2.26. The number of hydrogen-bond acceptors (Lipinski definition) is 4. The number of anilines is 1. The third kappa shape index (κ3) is 3.56. The molecule has 0 fully saturated rings. The van der Waals surface area contributed by atoms with E-state index in [9.17, 15) is 9.90 Å². The summed E-state index contributed by atoms with van der Waals surface area (Å²) >= 11 is 0. The van der Waals surface area contributed by atoms with Gasteiger partial charge in [0.2, 0.25) is 5.91 Å². The smallest absolute Gasteiger partial charge is 0.234 e. The molecule has 0 aliphatic heterocycles. The predicted octanol–water partition coefficient (Wildman–Crippen LogP) is 3.33. The fourth-order valence-electron chi connectivity index (χ4n) is 2.19. The van der Waals surface area contributed by atoms with Crippen LogP contribution in [0.25, 0.3) is 0 Å². The number of amides is 1. The van der Waals surface area contributed by atoms with E-state index >= 15 is 0 Å². The van der Waals surface area contributed by atoms with Crippen molar-refractivity contribution in [3.8, 4) is 17.2 Å². The lowest BCUT2D eigenvalue weighted by Gasteiger charge is -2.25. The van der Waals surface area contributed by atoms with Gasteiger partial charge in [-0.15, -0.1) is 0 Å². The summed E-state index contributed by atoms with van der Waals surface area (Å²) < 4.78 is 10.5. The Kier molecular flexibility index (Phi) is 4.79. The van der Waals surface area contributed by atoms with Crippen LogP contribution in [-0.4, -0.2) is 25.2 Å². The van der Waals surface area contributed by atoms with E-state index < -0.39 is 5.41 Å². The van der Waals surface area contributed by atoms with Gasteiger partial charge in [-0.1, -0.05) is 6.07 Å². The molecular formula is C18H21NO4. The van der Waals surface area contributed by atoms with Crippen molar-refractivity contribution < 1.29 is 19.4 Å². The minimum Gasteiger partial charge on any atom is -0.508 e. The van der Waals surface area contributed by atoms with E-state index in [0.29, 0.717) is 17.2 Å². The first-order chi connectivity index (χ1) is 10.9. The normalized spacial score (nSPS) is 11.0. The lowest BCUT2D eigenvalue weighted by molar-refractivity contribution is -0.120. The molecule has 0 spiro atoms. The number of ether oxygens (including phenoxy) is 2. The summed E-state index contributed by atoms with van der Waals surface area (Å²) in [6.07, 6.45) is 0. The van der Waals surface area contributed by atoms with Gasteiger partial charge in [0.15, 0.2) is 11.5 Å². The van der Waals surface area contributed by atoms with E-state index in [4.69, 9.17) is 9.47 Å². The molecule has 0 aliphatic carbocycles. The second-order valence-corrected chi connectivity index (χ2v) is 5.70. The molecule has 5 nitrogen and oxygen atoms in total. The molecule has 1 amide bonds. The predicted molar refractivity (Wildman–Crippen MR) is 89.3 cm³/mol. The molecule has 0 unspecified atom stereocenters. The van der Waals surface area contributed by atoms with E-state index in [0.717, 1.165) is 5.56 Å². The van der Waals surface area contributed by atoms with Crippen molar-refractivity contribution in [3.05, 3.63) is 48.0 Å². The minimum atomic E-state index is -0.766. The van der Waals surface area contributed by atoms with Crippen LogP contribution >= 0.6 is 0 Å². The Morgan fingerprint density at radius 1 is 1.00 bits per heavy atom. The molecule has 2 aromatic carbocycles. The van der Waals surface area contributed by atoms with Crippen LogP contribution in [0.15, 0.2) is 42.5 Å². The van der Waals surface area contributed by atoms with Gasteiger partial charge < -0.3 is 19.9 Å². The zero-order chi connectivity index (χ0) is 17.0. The number of phenols is 1. The van der Waals surface area contributed by atoms with Crippen molar-refractivity contribution >= 4 is 11.6 Å². The fourth-order valence-corrected chi connectivity index (χ4v) is 2.19. The highest BCUT2D eigenvalue weighted by atomic mass is 16.5. The highest BCUT2D eigenvalue weighted by Gasteiger charge is 2.30. The number of carbonyl (C=O) groups is 1. The second kappa shape index (κ2) is 6.60. The molecule has 0 atom stereocenters. The Hall–Kier alpha value is -2.69. The Morgan fingerprint density at radius 2 is 1.61 bits per heavy atom. The van der Waals surface area contributed by atoms with Crippen LogP contribution in [0, 0.1) is 0 Å². The monoisotopic (exact) mass is 315 g/mol. The summed E-state index contributed by atoms with van der Waals surface area (Å²) in [4.78, 5) is 12.6. The molecule has 5 heteroatoms. The molecule has 0 saturated carbocycles. The standard InChI is InChI=1S/C18H21NO4/c1-18(2,12-5-10-15(22-3)16(11-12)23-4)17(21)19-13-6-8-14(20)9-7-13/h5-11,20H,1-4H3,(H,19,21). The van der Waals surface area contributed by atoms with E-state index in [2.05, 4.69) is 5.32 Å². The summed E-state index contributed by atoms with van der Waals surface area (Å²) in [5, 5.41) is 12.1. The molecular weight excluding hydrogens is 294 g/mol. The van der Waals surface area contributed by atoms with Gasteiger partial charge in [-0.05, 0) is 55.8 Å². The van der Waals surface area contributed by atoms with Crippen LogP contribution in [0.1, 0.15) is 19.4 Å². The zero-order valence-corrected chi connectivity index (χ0v) is 13.7. The number of nitrogens with one attached hydrogen (secondary N) is 1. The summed E-state index contributed by atoms with van der Waals surface area (Å²) in [6.45, 7) is 3.67. The maximum absolute atomic E-state index is 12.6.